The predicted octanol–water partition coefficient (Wildman–Crippen LogP) is 2.18. The average Bonchev–Trinajstić information content (AvgIpc) is 2.28. The van der Waals surface area contributed by atoms with Crippen LogP contribution in [0.25, 0.3) is 0 Å². The summed E-state index contributed by atoms with van der Waals surface area (Å²) >= 11 is 0. The van der Waals surface area contributed by atoms with E-state index in [-0.39, 0.29) is 4.90 Å². The number of alkyl halides is 2. The summed E-state index contributed by atoms with van der Waals surface area (Å²) in [6.07, 6.45) is -1.50. The van der Waals surface area contributed by atoms with Crippen molar-refractivity contribution in [3.8, 4) is 0 Å². The highest BCUT2D eigenvalue weighted by Crippen LogP contribution is 2.28. The fourth-order valence-corrected chi connectivity index (χ4v) is 2.35. The van der Waals surface area contributed by atoms with Crippen LogP contribution in [0.15, 0.2) is 29.2 Å². The third-order valence-electron chi connectivity index (χ3n) is 2.86. The van der Waals surface area contributed by atoms with Crippen LogP contribution in [0.5, 0.6) is 0 Å². The normalized spacial score (nSPS) is 15.7. The summed E-state index contributed by atoms with van der Waals surface area (Å²) in [5.74, 6) is 0. The number of nitrogens with one attached hydrogen (secondary N) is 1. The second kappa shape index (κ2) is 5.32. The zero-order chi connectivity index (χ0) is 14.0. The van der Waals surface area contributed by atoms with Crippen LogP contribution in [-0.2, 0) is 15.4 Å². The first-order chi connectivity index (χ1) is 8.21. The van der Waals surface area contributed by atoms with E-state index in [1.165, 1.54) is 31.2 Å². The van der Waals surface area contributed by atoms with Gasteiger partial charge in [0.15, 0.2) is 9.84 Å². The van der Waals surface area contributed by atoms with Crippen LogP contribution in [0, 0.1) is 0 Å². The first-order valence-corrected chi connectivity index (χ1v) is 7.44. The van der Waals surface area contributed by atoms with E-state index < -0.39 is 21.8 Å². The Hall–Kier alpha value is -1.01. The molecule has 0 spiro atoms. The molecule has 1 N–H and O–H groups in total. The Morgan fingerprint density at radius 2 is 1.78 bits per heavy atom. The lowest BCUT2D eigenvalue weighted by Gasteiger charge is -2.30. The third-order valence-corrected chi connectivity index (χ3v) is 3.99. The Labute approximate surface area is 106 Å². The fourth-order valence-electron chi connectivity index (χ4n) is 1.72. The summed E-state index contributed by atoms with van der Waals surface area (Å²) in [7, 11) is -3.31. The Kier molecular flexibility index (Phi) is 4.45. The van der Waals surface area contributed by atoms with Crippen molar-refractivity contribution in [2.24, 2.45) is 0 Å². The van der Waals surface area contributed by atoms with Crippen LogP contribution in [-0.4, -0.2) is 27.6 Å². The van der Waals surface area contributed by atoms with Crippen molar-refractivity contribution in [2.45, 2.75) is 30.7 Å². The van der Waals surface area contributed by atoms with Gasteiger partial charge in [-0.15, -0.1) is 0 Å². The summed E-state index contributed by atoms with van der Waals surface area (Å²) in [6, 6.07) is 5.54. The summed E-state index contributed by atoms with van der Waals surface area (Å²) in [6.45, 7) is 3.54. The standard InChI is InChI=1S/C12H17F2NO2S/c1-4-15-12(2,11(13)14)9-5-7-10(8-6-9)18(3,16)17/h5-8,11,15H,4H2,1-3H3. The number of sulfone groups is 1. The first-order valence-electron chi connectivity index (χ1n) is 5.55. The van der Waals surface area contributed by atoms with Gasteiger partial charge >= 0.3 is 0 Å². The second-order valence-electron chi connectivity index (χ2n) is 4.33. The lowest BCUT2D eigenvalue weighted by molar-refractivity contribution is 0.0394. The molecule has 102 valence electrons. The van der Waals surface area contributed by atoms with Gasteiger partial charge in [-0.25, -0.2) is 17.2 Å². The Morgan fingerprint density at radius 1 is 1.28 bits per heavy atom. The van der Waals surface area contributed by atoms with Gasteiger partial charge in [-0.1, -0.05) is 19.1 Å². The predicted molar refractivity (Wildman–Crippen MR) is 66.6 cm³/mol. The minimum absolute atomic E-state index is 0.124. The van der Waals surface area contributed by atoms with Crippen molar-refractivity contribution in [1.29, 1.82) is 0 Å². The van der Waals surface area contributed by atoms with Gasteiger partial charge in [0.2, 0.25) is 0 Å². The molecule has 3 nitrogen and oxygen atoms in total. The molecular weight excluding hydrogens is 260 g/mol. The maximum Gasteiger partial charge on any atom is 0.260 e. The maximum absolute atomic E-state index is 13.1. The molecule has 1 aromatic carbocycles. The van der Waals surface area contributed by atoms with Crippen molar-refractivity contribution < 1.29 is 17.2 Å². The van der Waals surface area contributed by atoms with Crippen molar-refractivity contribution in [3.63, 3.8) is 0 Å². The van der Waals surface area contributed by atoms with Crippen molar-refractivity contribution in [2.75, 3.05) is 12.8 Å². The largest absolute Gasteiger partial charge is 0.303 e. The van der Waals surface area contributed by atoms with Crippen LogP contribution in [0.4, 0.5) is 8.78 Å². The molecule has 0 saturated carbocycles. The van der Waals surface area contributed by atoms with Crippen LogP contribution in [0.2, 0.25) is 0 Å². The van der Waals surface area contributed by atoms with E-state index in [1.807, 2.05) is 0 Å². The summed E-state index contributed by atoms with van der Waals surface area (Å²) in [5, 5.41) is 2.73. The third kappa shape index (κ3) is 3.05. The van der Waals surface area contributed by atoms with E-state index in [2.05, 4.69) is 5.32 Å². The average molecular weight is 277 g/mol. The number of rotatable bonds is 5. The smallest absolute Gasteiger partial charge is 0.260 e. The van der Waals surface area contributed by atoms with Crippen LogP contribution in [0.1, 0.15) is 19.4 Å². The van der Waals surface area contributed by atoms with Gasteiger partial charge < -0.3 is 5.32 Å². The Bertz CT molecular complexity index is 499. The van der Waals surface area contributed by atoms with E-state index in [0.717, 1.165) is 6.26 Å². The van der Waals surface area contributed by atoms with E-state index >= 15 is 0 Å². The molecule has 18 heavy (non-hydrogen) atoms. The highest BCUT2D eigenvalue weighted by Gasteiger charge is 2.35. The minimum Gasteiger partial charge on any atom is -0.303 e. The van der Waals surface area contributed by atoms with Gasteiger partial charge in [0.25, 0.3) is 6.43 Å². The molecule has 6 heteroatoms. The SMILES string of the molecule is CCNC(C)(c1ccc(S(C)(=O)=O)cc1)C(F)F. The number of hydrogen-bond donors (Lipinski definition) is 1. The molecule has 1 aromatic rings. The van der Waals surface area contributed by atoms with E-state index in [1.54, 1.807) is 6.92 Å². The molecule has 0 aliphatic heterocycles. The van der Waals surface area contributed by atoms with E-state index in [0.29, 0.717) is 12.1 Å². The maximum atomic E-state index is 13.1. The van der Waals surface area contributed by atoms with Crippen LogP contribution >= 0.6 is 0 Å². The lowest BCUT2D eigenvalue weighted by Crippen LogP contribution is -2.45. The molecule has 0 radical (unpaired) electrons. The molecule has 0 fully saturated rings. The Morgan fingerprint density at radius 3 is 2.11 bits per heavy atom. The molecule has 0 aromatic heterocycles. The Balaban J connectivity index is 3.17. The molecule has 0 saturated heterocycles. The highest BCUT2D eigenvalue weighted by atomic mass is 32.2. The van der Waals surface area contributed by atoms with Gasteiger partial charge in [0.05, 0.1) is 4.90 Å². The zero-order valence-electron chi connectivity index (χ0n) is 10.6. The van der Waals surface area contributed by atoms with Gasteiger partial charge in [0, 0.05) is 6.26 Å². The van der Waals surface area contributed by atoms with Crippen molar-refractivity contribution in [3.05, 3.63) is 29.8 Å². The molecule has 1 atom stereocenters. The van der Waals surface area contributed by atoms with Gasteiger partial charge in [-0.3, -0.25) is 0 Å². The fraction of sp³-hybridized carbons (Fsp3) is 0.500. The van der Waals surface area contributed by atoms with E-state index in [4.69, 9.17) is 0 Å². The summed E-state index contributed by atoms with van der Waals surface area (Å²) < 4.78 is 48.8. The molecule has 0 aliphatic carbocycles. The van der Waals surface area contributed by atoms with Crippen LogP contribution in [0.3, 0.4) is 0 Å². The van der Waals surface area contributed by atoms with Gasteiger partial charge in [0.1, 0.15) is 5.54 Å². The monoisotopic (exact) mass is 277 g/mol. The van der Waals surface area contributed by atoms with Gasteiger partial charge in [-0.2, -0.15) is 0 Å². The molecule has 1 unspecified atom stereocenters. The summed E-state index contributed by atoms with van der Waals surface area (Å²) in [4.78, 5) is 0.124. The van der Waals surface area contributed by atoms with Crippen molar-refractivity contribution in [1.82, 2.24) is 5.32 Å². The number of halogens is 2. The van der Waals surface area contributed by atoms with Crippen molar-refractivity contribution >= 4 is 9.84 Å². The second-order valence-corrected chi connectivity index (χ2v) is 6.35. The quantitative estimate of drug-likeness (QED) is 0.897. The molecule has 1 rings (SSSR count). The molecular formula is C12H17F2NO2S. The van der Waals surface area contributed by atoms with Gasteiger partial charge in [-0.05, 0) is 31.2 Å². The number of benzene rings is 1. The first kappa shape index (κ1) is 15.0. The topological polar surface area (TPSA) is 46.2 Å². The number of hydrogen-bond acceptors (Lipinski definition) is 3. The zero-order valence-corrected chi connectivity index (χ0v) is 11.4. The highest BCUT2D eigenvalue weighted by molar-refractivity contribution is 7.90. The molecule has 0 heterocycles. The molecule has 0 bridgehead atoms. The minimum atomic E-state index is -3.31. The summed E-state index contributed by atoms with van der Waals surface area (Å²) in [5.41, 5.74) is -1.10. The van der Waals surface area contributed by atoms with E-state index in [9.17, 15) is 17.2 Å². The molecule has 0 aliphatic rings. The lowest BCUT2D eigenvalue weighted by atomic mass is 9.92. The van der Waals surface area contributed by atoms with Crippen LogP contribution < -0.4 is 5.32 Å². The molecule has 0 amide bonds.